The van der Waals surface area contributed by atoms with Crippen molar-refractivity contribution >= 4 is 5.52 Å². The first-order chi connectivity index (χ1) is 6.81. The van der Waals surface area contributed by atoms with Gasteiger partial charge in [-0.3, -0.25) is 0 Å². The first-order valence-electron chi connectivity index (χ1n) is 5.12. The summed E-state index contributed by atoms with van der Waals surface area (Å²) in [6, 6.07) is 10.8. The highest BCUT2D eigenvalue weighted by Crippen LogP contribution is 2.11. The van der Waals surface area contributed by atoms with Crippen molar-refractivity contribution in [2.75, 3.05) is 0 Å². The predicted molar refractivity (Wildman–Crippen MR) is 59.4 cm³/mol. The van der Waals surface area contributed by atoms with Gasteiger partial charge in [-0.25, -0.2) is 0 Å². The van der Waals surface area contributed by atoms with E-state index in [2.05, 4.69) is 41.8 Å². The maximum atomic E-state index is 5.94. The van der Waals surface area contributed by atoms with Gasteiger partial charge in [0, 0.05) is 29.9 Å². The van der Waals surface area contributed by atoms with E-state index < -0.39 is 0 Å². The van der Waals surface area contributed by atoms with Gasteiger partial charge in [-0.2, -0.15) is 0 Å². The van der Waals surface area contributed by atoms with Gasteiger partial charge in [0.05, 0.1) is 0 Å². The Hall–Kier alpha value is -1.28. The molecule has 0 amide bonds. The number of aromatic nitrogens is 1. The maximum absolute atomic E-state index is 5.94. The molecule has 2 rings (SSSR count). The fraction of sp³-hybridized carbons (Fsp3) is 0.333. The van der Waals surface area contributed by atoms with Crippen LogP contribution in [0.3, 0.4) is 0 Å². The average Bonchev–Trinajstić information content (AvgIpc) is 2.62. The molecule has 0 fully saturated rings. The molecule has 0 saturated heterocycles. The molecule has 2 aromatic rings. The van der Waals surface area contributed by atoms with Gasteiger partial charge in [0.15, 0.2) is 0 Å². The van der Waals surface area contributed by atoms with E-state index in [1.807, 2.05) is 6.07 Å². The van der Waals surface area contributed by atoms with E-state index in [9.17, 15) is 0 Å². The highest BCUT2D eigenvalue weighted by Gasteiger charge is 2.04. The Bertz CT molecular complexity index is 417. The minimum absolute atomic E-state index is 0.272. The third-order valence-corrected chi connectivity index (χ3v) is 2.64. The Morgan fingerprint density at radius 3 is 2.93 bits per heavy atom. The van der Waals surface area contributed by atoms with Gasteiger partial charge in [0.25, 0.3) is 0 Å². The highest BCUT2D eigenvalue weighted by atomic mass is 14.9. The highest BCUT2D eigenvalue weighted by molar-refractivity contribution is 5.49. The SMILES string of the molecule is CCC(N)Cc1ccc2ccccn12. The molecule has 2 heterocycles. The lowest BCUT2D eigenvalue weighted by molar-refractivity contribution is 0.634. The number of hydrogen-bond donors (Lipinski definition) is 1. The van der Waals surface area contributed by atoms with E-state index in [1.54, 1.807) is 0 Å². The molecular weight excluding hydrogens is 172 g/mol. The molecule has 0 spiro atoms. The first kappa shape index (κ1) is 9.28. The Balaban J connectivity index is 2.33. The summed E-state index contributed by atoms with van der Waals surface area (Å²) in [5.74, 6) is 0. The summed E-state index contributed by atoms with van der Waals surface area (Å²) in [6.07, 6.45) is 4.07. The van der Waals surface area contributed by atoms with Crippen LogP contribution in [0, 0.1) is 0 Å². The van der Waals surface area contributed by atoms with E-state index in [1.165, 1.54) is 11.2 Å². The second-order valence-corrected chi connectivity index (χ2v) is 3.69. The molecule has 0 bridgehead atoms. The molecular formula is C12H16N2. The van der Waals surface area contributed by atoms with Gasteiger partial charge in [-0.05, 0) is 30.7 Å². The zero-order valence-corrected chi connectivity index (χ0v) is 8.48. The van der Waals surface area contributed by atoms with E-state index in [0.717, 1.165) is 12.8 Å². The van der Waals surface area contributed by atoms with Crippen LogP contribution in [0.2, 0.25) is 0 Å². The predicted octanol–water partition coefficient (Wildman–Crippen LogP) is 2.22. The summed E-state index contributed by atoms with van der Waals surface area (Å²) in [4.78, 5) is 0. The minimum Gasteiger partial charge on any atom is -0.327 e. The average molecular weight is 188 g/mol. The van der Waals surface area contributed by atoms with Gasteiger partial charge in [-0.1, -0.05) is 13.0 Å². The molecule has 1 atom stereocenters. The zero-order valence-electron chi connectivity index (χ0n) is 8.48. The summed E-state index contributed by atoms with van der Waals surface area (Å²) in [5.41, 5.74) is 8.48. The van der Waals surface area contributed by atoms with Crippen molar-refractivity contribution in [2.45, 2.75) is 25.8 Å². The van der Waals surface area contributed by atoms with Gasteiger partial charge >= 0.3 is 0 Å². The van der Waals surface area contributed by atoms with Crippen LogP contribution >= 0.6 is 0 Å². The molecule has 0 aromatic carbocycles. The third-order valence-electron chi connectivity index (χ3n) is 2.64. The maximum Gasteiger partial charge on any atom is 0.0452 e. The monoisotopic (exact) mass is 188 g/mol. The quantitative estimate of drug-likeness (QED) is 0.786. The molecule has 2 heteroatoms. The molecule has 0 aliphatic heterocycles. The van der Waals surface area contributed by atoms with Gasteiger partial charge in [0.2, 0.25) is 0 Å². The van der Waals surface area contributed by atoms with Gasteiger partial charge < -0.3 is 10.1 Å². The van der Waals surface area contributed by atoms with Crippen LogP contribution in [0.1, 0.15) is 19.0 Å². The van der Waals surface area contributed by atoms with Crippen molar-refractivity contribution in [3.8, 4) is 0 Å². The second kappa shape index (κ2) is 3.84. The molecule has 1 unspecified atom stereocenters. The van der Waals surface area contributed by atoms with Crippen molar-refractivity contribution < 1.29 is 0 Å². The molecule has 0 radical (unpaired) electrons. The van der Waals surface area contributed by atoms with E-state index in [-0.39, 0.29) is 6.04 Å². The van der Waals surface area contributed by atoms with E-state index in [0.29, 0.717) is 0 Å². The fourth-order valence-corrected chi connectivity index (χ4v) is 1.69. The molecule has 14 heavy (non-hydrogen) atoms. The van der Waals surface area contributed by atoms with Gasteiger partial charge in [0.1, 0.15) is 0 Å². The third kappa shape index (κ3) is 1.66. The molecule has 74 valence electrons. The molecule has 0 aliphatic rings. The number of pyridine rings is 1. The lowest BCUT2D eigenvalue weighted by Crippen LogP contribution is -2.22. The Kier molecular flexibility index (Phi) is 2.55. The number of nitrogens with zero attached hydrogens (tertiary/aromatic N) is 1. The fourth-order valence-electron chi connectivity index (χ4n) is 1.69. The van der Waals surface area contributed by atoms with E-state index in [4.69, 9.17) is 5.73 Å². The van der Waals surface area contributed by atoms with Crippen LogP contribution in [-0.4, -0.2) is 10.4 Å². The molecule has 0 saturated carbocycles. The molecule has 2 nitrogen and oxygen atoms in total. The van der Waals surface area contributed by atoms with Crippen molar-refractivity contribution in [2.24, 2.45) is 5.73 Å². The number of rotatable bonds is 3. The van der Waals surface area contributed by atoms with Crippen LogP contribution in [0.15, 0.2) is 36.5 Å². The Labute approximate surface area is 84.3 Å². The largest absolute Gasteiger partial charge is 0.327 e. The van der Waals surface area contributed by atoms with Crippen molar-refractivity contribution in [1.82, 2.24) is 4.40 Å². The van der Waals surface area contributed by atoms with Crippen molar-refractivity contribution in [1.29, 1.82) is 0 Å². The number of hydrogen-bond acceptors (Lipinski definition) is 1. The second-order valence-electron chi connectivity index (χ2n) is 3.69. The standard InChI is InChI=1S/C12H16N2/c1-2-10(13)9-12-7-6-11-5-3-4-8-14(11)12/h3-8,10H,2,9,13H2,1H3. The lowest BCUT2D eigenvalue weighted by atomic mass is 10.1. The molecule has 2 N–H and O–H groups in total. The van der Waals surface area contributed by atoms with Crippen LogP contribution < -0.4 is 5.73 Å². The molecule has 0 aliphatic carbocycles. The number of fused-ring (bicyclic) bond motifs is 1. The summed E-state index contributed by atoms with van der Waals surface area (Å²) in [6.45, 7) is 2.13. The van der Waals surface area contributed by atoms with Crippen LogP contribution in [0.4, 0.5) is 0 Å². The molecule has 2 aromatic heterocycles. The van der Waals surface area contributed by atoms with Crippen LogP contribution in [0.25, 0.3) is 5.52 Å². The topological polar surface area (TPSA) is 30.4 Å². The van der Waals surface area contributed by atoms with E-state index >= 15 is 0 Å². The Morgan fingerprint density at radius 1 is 1.29 bits per heavy atom. The summed E-state index contributed by atoms with van der Waals surface area (Å²) in [5, 5.41) is 0. The normalized spacial score (nSPS) is 13.3. The van der Waals surface area contributed by atoms with Crippen LogP contribution in [0.5, 0.6) is 0 Å². The first-order valence-corrected chi connectivity index (χ1v) is 5.12. The summed E-state index contributed by atoms with van der Waals surface area (Å²) in [7, 11) is 0. The lowest BCUT2D eigenvalue weighted by Gasteiger charge is -2.08. The summed E-state index contributed by atoms with van der Waals surface area (Å²) < 4.78 is 2.20. The zero-order chi connectivity index (χ0) is 9.97. The van der Waals surface area contributed by atoms with Crippen molar-refractivity contribution in [3.63, 3.8) is 0 Å². The van der Waals surface area contributed by atoms with Crippen LogP contribution in [-0.2, 0) is 6.42 Å². The minimum atomic E-state index is 0.272. The number of nitrogens with two attached hydrogens (primary N) is 1. The smallest absolute Gasteiger partial charge is 0.0452 e. The van der Waals surface area contributed by atoms with Crippen molar-refractivity contribution in [3.05, 3.63) is 42.2 Å². The Morgan fingerprint density at radius 2 is 2.14 bits per heavy atom. The van der Waals surface area contributed by atoms with Gasteiger partial charge in [-0.15, -0.1) is 0 Å². The summed E-state index contributed by atoms with van der Waals surface area (Å²) >= 11 is 0.